The van der Waals surface area contributed by atoms with E-state index in [-0.39, 0.29) is 0 Å². The number of aromatic nitrogens is 1. The van der Waals surface area contributed by atoms with Crippen molar-refractivity contribution < 1.29 is 9.63 Å². The van der Waals surface area contributed by atoms with Gasteiger partial charge in [-0.3, -0.25) is 0 Å². The quantitative estimate of drug-likeness (QED) is 0.713. The first kappa shape index (κ1) is 18.2. The maximum absolute atomic E-state index is 11.6. The fourth-order valence-corrected chi connectivity index (χ4v) is 4.15. The van der Waals surface area contributed by atoms with Crippen LogP contribution in [0.4, 0.5) is 0 Å². The summed E-state index contributed by atoms with van der Waals surface area (Å²) in [5.74, 6) is 0.743. The number of rotatable bonds is 2. The lowest BCUT2D eigenvalue weighted by atomic mass is 9.81. The van der Waals surface area contributed by atoms with Gasteiger partial charge in [0, 0.05) is 5.56 Å². The van der Waals surface area contributed by atoms with Crippen LogP contribution in [0.2, 0.25) is 0 Å². The molecule has 0 bridgehead atoms. The smallest absolute Gasteiger partial charge is 0.173 e. The summed E-state index contributed by atoms with van der Waals surface area (Å²) in [5.41, 5.74) is 1.91. The first-order valence-electron chi connectivity index (χ1n) is 9.95. The molecule has 1 aromatic heterocycles. The average Bonchev–Trinajstić information content (AvgIpc) is 3.01. The van der Waals surface area contributed by atoms with Crippen molar-refractivity contribution in [2.45, 2.75) is 83.2 Å². The molecule has 1 aliphatic carbocycles. The SMILES string of the molecule is Cc1noc(-c2ccccc2)c1C1(O)CCCCCCCCCCC1. The monoisotopic (exact) mass is 341 g/mol. The van der Waals surface area contributed by atoms with E-state index in [0.29, 0.717) is 0 Å². The van der Waals surface area contributed by atoms with Gasteiger partial charge >= 0.3 is 0 Å². The minimum absolute atomic E-state index is 0.743. The summed E-state index contributed by atoms with van der Waals surface area (Å²) in [4.78, 5) is 0. The molecule has 1 aliphatic rings. The molecule has 3 nitrogen and oxygen atoms in total. The van der Waals surface area contributed by atoms with Crippen LogP contribution in [-0.4, -0.2) is 10.3 Å². The van der Waals surface area contributed by atoms with E-state index in [0.717, 1.165) is 48.3 Å². The van der Waals surface area contributed by atoms with Crippen LogP contribution in [0.5, 0.6) is 0 Å². The summed E-state index contributed by atoms with van der Waals surface area (Å²) >= 11 is 0. The molecule has 0 unspecified atom stereocenters. The predicted molar refractivity (Wildman–Crippen MR) is 101 cm³/mol. The van der Waals surface area contributed by atoms with E-state index in [2.05, 4.69) is 5.16 Å². The molecule has 1 aromatic carbocycles. The molecule has 3 rings (SSSR count). The maximum atomic E-state index is 11.6. The van der Waals surface area contributed by atoms with Gasteiger partial charge in [-0.1, -0.05) is 93.3 Å². The Bertz CT molecular complexity index is 635. The Morgan fingerprint density at radius 3 is 1.92 bits per heavy atom. The van der Waals surface area contributed by atoms with Crippen molar-refractivity contribution in [3.8, 4) is 11.3 Å². The lowest BCUT2D eigenvalue weighted by Crippen LogP contribution is -2.27. The highest BCUT2D eigenvalue weighted by Crippen LogP contribution is 2.41. The Morgan fingerprint density at radius 2 is 1.36 bits per heavy atom. The third kappa shape index (κ3) is 4.52. The van der Waals surface area contributed by atoms with Gasteiger partial charge in [0.1, 0.15) is 0 Å². The first-order valence-corrected chi connectivity index (χ1v) is 9.95. The van der Waals surface area contributed by atoms with Crippen LogP contribution in [0, 0.1) is 6.92 Å². The topological polar surface area (TPSA) is 46.3 Å². The van der Waals surface area contributed by atoms with Gasteiger partial charge in [-0.05, 0) is 19.8 Å². The second-order valence-corrected chi connectivity index (χ2v) is 7.55. The standard InChI is InChI=1S/C22H31NO2/c1-18-20(21(25-23-18)19-14-10-9-11-15-19)22(24)16-12-7-5-3-2-4-6-8-13-17-22/h9-11,14-15,24H,2-8,12-13,16-17H2,1H3. The average molecular weight is 341 g/mol. The molecule has 136 valence electrons. The Balaban J connectivity index is 1.89. The minimum Gasteiger partial charge on any atom is -0.385 e. The predicted octanol–water partition coefficient (Wildman–Crippen LogP) is 6.14. The number of hydrogen-bond donors (Lipinski definition) is 1. The Morgan fingerprint density at radius 1 is 0.840 bits per heavy atom. The van der Waals surface area contributed by atoms with Gasteiger partial charge in [0.2, 0.25) is 0 Å². The zero-order chi connectivity index (χ0) is 17.5. The maximum Gasteiger partial charge on any atom is 0.173 e. The van der Waals surface area contributed by atoms with Crippen LogP contribution >= 0.6 is 0 Å². The van der Waals surface area contributed by atoms with E-state index in [1.807, 2.05) is 37.3 Å². The Kier molecular flexibility index (Phi) is 6.30. The molecular weight excluding hydrogens is 310 g/mol. The first-order chi connectivity index (χ1) is 12.2. The normalized spacial score (nSPS) is 19.8. The number of aliphatic hydroxyl groups is 1. The van der Waals surface area contributed by atoms with Crippen molar-refractivity contribution in [1.82, 2.24) is 5.16 Å². The van der Waals surface area contributed by atoms with Crippen molar-refractivity contribution in [3.63, 3.8) is 0 Å². The van der Waals surface area contributed by atoms with Gasteiger partial charge in [-0.25, -0.2) is 0 Å². The molecule has 25 heavy (non-hydrogen) atoms. The summed E-state index contributed by atoms with van der Waals surface area (Å²) < 4.78 is 5.66. The van der Waals surface area contributed by atoms with Crippen LogP contribution < -0.4 is 0 Å². The molecule has 1 heterocycles. The highest BCUT2D eigenvalue weighted by atomic mass is 16.5. The third-order valence-corrected chi connectivity index (χ3v) is 5.54. The summed E-state index contributed by atoms with van der Waals surface area (Å²) in [5, 5.41) is 15.8. The van der Waals surface area contributed by atoms with Crippen molar-refractivity contribution >= 4 is 0 Å². The highest BCUT2D eigenvalue weighted by molar-refractivity contribution is 5.63. The Labute approximate surface area is 151 Å². The molecule has 2 aromatic rings. The van der Waals surface area contributed by atoms with Gasteiger partial charge in [-0.2, -0.15) is 0 Å². The van der Waals surface area contributed by atoms with E-state index in [1.54, 1.807) is 0 Å². The van der Waals surface area contributed by atoms with Crippen LogP contribution in [0.15, 0.2) is 34.9 Å². The fraction of sp³-hybridized carbons (Fsp3) is 0.591. The van der Waals surface area contributed by atoms with E-state index in [9.17, 15) is 5.11 Å². The van der Waals surface area contributed by atoms with E-state index < -0.39 is 5.60 Å². The second-order valence-electron chi connectivity index (χ2n) is 7.55. The van der Waals surface area contributed by atoms with Gasteiger partial charge in [0.05, 0.1) is 16.9 Å². The zero-order valence-corrected chi connectivity index (χ0v) is 15.5. The van der Waals surface area contributed by atoms with Crippen LogP contribution in [0.25, 0.3) is 11.3 Å². The summed E-state index contributed by atoms with van der Waals surface area (Å²) in [6.45, 7) is 1.96. The summed E-state index contributed by atoms with van der Waals surface area (Å²) in [7, 11) is 0. The number of nitrogens with zero attached hydrogens (tertiary/aromatic N) is 1. The largest absolute Gasteiger partial charge is 0.385 e. The molecule has 0 saturated heterocycles. The van der Waals surface area contributed by atoms with Gasteiger partial charge < -0.3 is 9.63 Å². The molecule has 1 N–H and O–H groups in total. The lowest BCUT2D eigenvalue weighted by molar-refractivity contribution is 0.0126. The Hall–Kier alpha value is -1.61. The molecule has 0 spiro atoms. The van der Waals surface area contributed by atoms with Crippen LogP contribution in [0.3, 0.4) is 0 Å². The summed E-state index contributed by atoms with van der Waals surface area (Å²) in [6.07, 6.45) is 12.7. The molecule has 1 fully saturated rings. The second kappa shape index (κ2) is 8.66. The van der Waals surface area contributed by atoms with Crippen LogP contribution in [-0.2, 0) is 5.60 Å². The lowest BCUT2D eigenvalue weighted by Gasteiger charge is -2.29. The molecule has 0 atom stereocenters. The van der Waals surface area contributed by atoms with E-state index in [4.69, 9.17) is 4.52 Å². The van der Waals surface area contributed by atoms with Gasteiger partial charge in [0.15, 0.2) is 5.76 Å². The van der Waals surface area contributed by atoms with E-state index >= 15 is 0 Å². The van der Waals surface area contributed by atoms with Crippen molar-refractivity contribution in [2.24, 2.45) is 0 Å². The fourth-order valence-electron chi connectivity index (χ4n) is 4.15. The molecule has 0 amide bonds. The zero-order valence-electron chi connectivity index (χ0n) is 15.5. The molecule has 3 heteroatoms. The van der Waals surface area contributed by atoms with Crippen LogP contribution in [0.1, 0.15) is 81.9 Å². The molecule has 0 aliphatic heterocycles. The van der Waals surface area contributed by atoms with Crippen molar-refractivity contribution in [2.75, 3.05) is 0 Å². The highest BCUT2D eigenvalue weighted by Gasteiger charge is 2.36. The third-order valence-electron chi connectivity index (χ3n) is 5.54. The minimum atomic E-state index is -0.825. The van der Waals surface area contributed by atoms with Crippen molar-refractivity contribution in [3.05, 3.63) is 41.6 Å². The molecule has 0 radical (unpaired) electrons. The summed E-state index contributed by atoms with van der Waals surface area (Å²) in [6, 6.07) is 10.1. The number of hydrogen-bond acceptors (Lipinski definition) is 3. The molecule has 1 saturated carbocycles. The molecular formula is C22H31NO2. The van der Waals surface area contributed by atoms with Gasteiger partial charge in [-0.15, -0.1) is 0 Å². The van der Waals surface area contributed by atoms with Crippen molar-refractivity contribution in [1.29, 1.82) is 0 Å². The number of benzene rings is 1. The van der Waals surface area contributed by atoms with Gasteiger partial charge in [0.25, 0.3) is 0 Å². The van der Waals surface area contributed by atoms with E-state index in [1.165, 1.54) is 44.9 Å². The number of aryl methyl sites for hydroxylation is 1.